The molecule has 39 heavy (non-hydrogen) atoms. The lowest BCUT2D eigenvalue weighted by Gasteiger charge is -2.11. The second-order valence-corrected chi connectivity index (χ2v) is 8.80. The fourth-order valence-electron chi connectivity index (χ4n) is 3.26. The number of hydrogen-bond donors (Lipinski definition) is 1. The van der Waals surface area contributed by atoms with E-state index in [1.54, 1.807) is 48.5 Å². The lowest BCUT2D eigenvalue weighted by atomic mass is 10.2. The summed E-state index contributed by atoms with van der Waals surface area (Å²) in [5.41, 5.74) is 3.61. The largest absolute Gasteiger partial charge is 0.497 e. The third-order valence-electron chi connectivity index (χ3n) is 5.26. The van der Waals surface area contributed by atoms with Crippen molar-refractivity contribution in [1.82, 2.24) is 5.43 Å². The summed E-state index contributed by atoms with van der Waals surface area (Å²) in [6.07, 6.45) is 1.30. The maximum Gasteiger partial charge on any atom is 0.343 e. The highest BCUT2D eigenvalue weighted by Gasteiger charge is 2.15. The van der Waals surface area contributed by atoms with E-state index in [9.17, 15) is 14.4 Å². The molecule has 0 aliphatic carbocycles. The highest BCUT2D eigenvalue weighted by Crippen LogP contribution is 2.26. The van der Waals surface area contributed by atoms with Gasteiger partial charge in [-0.15, -0.1) is 0 Å². The van der Waals surface area contributed by atoms with Gasteiger partial charge in [0.2, 0.25) is 0 Å². The number of hydrogen-bond acceptors (Lipinski definition) is 7. The fraction of sp³-hybridized carbons (Fsp3) is 0.0345. The van der Waals surface area contributed by atoms with Crippen LogP contribution < -0.4 is 19.6 Å². The molecule has 8 nitrogen and oxygen atoms in total. The first kappa shape index (κ1) is 27.4. The Labute approximate surface area is 233 Å². The molecule has 0 spiro atoms. The average molecular weight is 563 g/mol. The Hall–Kier alpha value is -4.66. The first-order valence-electron chi connectivity index (χ1n) is 11.4. The van der Waals surface area contributed by atoms with E-state index in [0.717, 1.165) is 0 Å². The van der Waals surface area contributed by atoms with Crippen LogP contribution in [0.25, 0.3) is 0 Å². The number of halogens is 2. The first-order valence-corrected chi connectivity index (χ1v) is 12.1. The molecule has 0 fully saturated rings. The zero-order valence-corrected chi connectivity index (χ0v) is 21.9. The monoisotopic (exact) mass is 562 g/mol. The third kappa shape index (κ3) is 7.44. The zero-order valence-electron chi connectivity index (χ0n) is 20.4. The van der Waals surface area contributed by atoms with E-state index in [1.807, 2.05) is 0 Å². The van der Waals surface area contributed by atoms with Crippen molar-refractivity contribution in [3.05, 3.63) is 123 Å². The van der Waals surface area contributed by atoms with Gasteiger partial charge in [-0.05, 0) is 78.9 Å². The smallest absolute Gasteiger partial charge is 0.343 e. The van der Waals surface area contributed by atoms with E-state index in [1.165, 1.54) is 55.8 Å². The normalized spacial score (nSPS) is 10.6. The third-order valence-corrected chi connectivity index (χ3v) is 5.76. The van der Waals surface area contributed by atoms with Crippen molar-refractivity contribution in [2.75, 3.05) is 7.11 Å². The molecule has 0 heterocycles. The second kappa shape index (κ2) is 12.7. The van der Waals surface area contributed by atoms with Crippen molar-refractivity contribution in [2.24, 2.45) is 5.10 Å². The maximum atomic E-state index is 12.8. The van der Waals surface area contributed by atoms with Gasteiger partial charge >= 0.3 is 11.9 Å². The minimum Gasteiger partial charge on any atom is -0.497 e. The van der Waals surface area contributed by atoms with Crippen LogP contribution in [-0.2, 0) is 0 Å². The van der Waals surface area contributed by atoms with Gasteiger partial charge in [0, 0.05) is 27.2 Å². The molecule has 1 N–H and O–H groups in total. The van der Waals surface area contributed by atoms with Crippen LogP contribution in [0.1, 0.15) is 36.6 Å². The van der Waals surface area contributed by atoms with Crippen LogP contribution in [0.3, 0.4) is 0 Å². The van der Waals surface area contributed by atoms with Gasteiger partial charge in [-0.25, -0.2) is 15.0 Å². The second-order valence-electron chi connectivity index (χ2n) is 7.92. The summed E-state index contributed by atoms with van der Waals surface area (Å²) >= 11 is 11.8. The van der Waals surface area contributed by atoms with E-state index >= 15 is 0 Å². The minimum atomic E-state index is -0.678. The van der Waals surface area contributed by atoms with Gasteiger partial charge in [-0.3, -0.25) is 4.79 Å². The zero-order chi connectivity index (χ0) is 27.8. The van der Waals surface area contributed by atoms with E-state index in [0.29, 0.717) is 26.9 Å². The van der Waals surface area contributed by atoms with Gasteiger partial charge in [0.25, 0.3) is 5.91 Å². The van der Waals surface area contributed by atoms with E-state index in [4.69, 9.17) is 37.4 Å². The summed E-state index contributed by atoms with van der Waals surface area (Å²) in [6, 6.07) is 23.3. The van der Waals surface area contributed by atoms with Gasteiger partial charge in [0.15, 0.2) is 0 Å². The Bertz CT molecular complexity index is 1540. The molecule has 196 valence electrons. The molecular weight excluding hydrogens is 543 g/mol. The molecule has 0 aliphatic heterocycles. The van der Waals surface area contributed by atoms with Crippen LogP contribution in [0.5, 0.6) is 17.2 Å². The van der Waals surface area contributed by atoms with Gasteiger partial charge in [0.1, 0.15) is 17.2 Å². The van der Waals surface area contributed by atoms with E-state index in [2.05, 4.69) is 10.5 Å². The van der Waals surface area contributed by atoms with Crippen LogP contribution in [0.15, 0.2) is 96.1 Å². The van der Waals surface area contributed by atoms with Crippen LogP contribution in [0.4, 0.5) is 0 Å². The summed E-state index contributed by atoms with van der Waals surface area (Å²) in [5.74, 6) is -1.11. The highest BCUT2D eigenvalue weighted by atomic mass is 35.5. The Morgan fingerprint density at radius 3 is 1.95 bits per heavy atom. The number of nitrogens with zero attached hydrogens (tertiary/aromatic N) is 1. The molecule has 0 saturated heterocycles. The highest BCUT2D eigenvalue weighted by molar-refractivity contribution is 6.31. The average Bonchev–Trinajstić information content (AvgIpc) is 2.94. The standard InChI is InChI=1S/C29H20Cl2N2O6/c1-37-24-4-2-3-20(15-24)27(34)33-32-17-21-9-14-25(38-28(35)18-5-10-22(30)11-6-18)16-26(21)39-29(36)19-7-12-23(31)13-8-19/h2-17H,1H3,(H,33,34)/b32-17-. The number of benzene rings is 4. The molecular formula is C29H20Cl2N2O6. The topological polar surface area (TPSA) is 103 Å². The minimum absolute atomic E-state index is 0.0377. The summed E-state index contributed by atoms with van der Waals surface area (Å²) < 4.78 is 16.2. The maximum absolute atomic E-state index is 12.8. The van der Waals surface area contributed by atoms with Gasteiger partial charge in [-0.2, -0.15) is 5.10 Å². The molecule has 4 rings (SSSR count). The van der Waals surface area contributed by atoms with Crippen molar-refractivity contribution in [3.63, 3.8) is 0 Å². The molecule has 0 radical (unpaired) electrons. The number of rotatable bonds is 8. The summed E-state index contributed by atoms with van der Waals surface area (Å²) in [7, 11) is 1.50. The van der Waals surface area contributed by atoms with Crippen LogP contribution in [-0.4, -0.2) is 31.2 Å². The van der Waals surface area contributed by atoms with E-state index in [-0.39, 0.29) is 22.6 Å². The molecule has 1 amide bonds. The van der Waals surface area contributed by atoms with Crippen molar-refractivity contribution in [3.8, 4) is 17.2 Å². The molecule has 0 aliphatic rings. The molecule has 10 heteroatoms. The van der Waals surface area contributed by atoms with Gasteiger partial charge in [-0.1, -0.05) is 29.3 Å². The Kier molecular flexibility index (Phi) is 8.94. The summed E-state index contributed by atoms with van der Waals surface area (Å²) in [6.45, 7) is 0. The lowest BCUT2D eigenvalue weighted by Crippen LogP contribution is -2.17. The predicted octanol–water partition coefficient (Wildman–Crippen LogP) is 6.20. The molecule has 0 aromatic heterocycles. The number of nitrogens with one attached hydrogen (secondary N) is 1. The van der Waals surface area contributed by atoms with Crippen molar-refractivity contribution in [2.45, 2.75) is 0 Å². The fourth-order valence-corrected chi connectivity index (χ4v) is 3.51. The lowest BCUT2D eigenvalue weighted by molar-refractivity contribution is 0.0732. The molecule has 4 aromatic carbocycles. The molecule has 4 aromatic rings. The van der Waals surface area contributed by atoms with Gasteiger partial charge < -0.3 is 14.2 Å². The Balaban J connectivity index is 1.56. The van der Waals surface area contributed by atoms with Gasteiger partial charge in [0.05, 0.1) is 24.5 Å². The predicted molar refractivity (Wildman–Crippen MR) is 147 cm³/mol. The van der Waals surface area contributed by atoms with Crippen LogP contribution in [0, 0.1) is 0 Å². The SMILES string of the molecule is COc1cccc(C(=O)N/N=C\c2ccc(OC(=O)c3ccc(Cl)cc3)cc2OC(=O)c2ccc(Cl)cc2)c1. The summed E-state index contributed by atoms with van der Waals surface area (Å²) in [5, 5.41) is 4.92. The number of methoxy groups -OCH3 is 1. The number of ether oxygens (including phenoxy) is 3. The number of esters is 2. The summed E-state index contributed by atoms with van der Waals surface area (Å²) in [4.78, 5) is 37.8. The molecule has 0 bridgehead atoms. The number of amides is 1. The van der Waals surface area contributed by atoms with E-state index < -0.39 is 17.8 Å². The van der Waals surface area contributed by atoms with Crippen molar-refractivity contribution >= 4 is 47.3 Å². The number of carbonyl (C=O) groups excluding carboxylic acids is 3. The Morgan fingerprint density at radius 2 is 1.33 bits per heavy atom. The molecule has 0 unspecified atom stereocenters. The molecule has 0 saturated carbocycles. The van der Waals surface area contributed by atoms with Crippen LogP contribution >= 0.6 is 23.2 Å². The first-order chi connectivity index (χ1) is 18.8. The quantitative estimate of drug-likeness (QED) is 0.118. The van der Waals surface area contributed by atoms with Crippen molar-refractivity contribution < 1.29 is 28.6 Å². The van der Waals surface area contributed by atoms with Crippen molar-refractivity contribution in [1.29, 1.82) is 0 Å². The number of carbonyl (C=O) groups is 3. The van der Waals surface area contributed by atoms with Crippen LogP contribution in [0.2, 0.25) is 10.0 Å². The Morgan fingerprint density at radius 1 is 0.718 bits per heavy atom. The molecule has 0 atom stereocenters. The number of hydrazone groups is 1.